The topological polar surface area (TPSA) is 96.4 Å². The lowest BCUT2D eigenvalue weighted by Gasteiger charge is -2.27. The largest absolute Gasteiger partial charge is 0.478 e. The Bertz CT molecular complexity index is 634. The molecule has 0 saturated heterocycles. The molecule has 0 aliphatic heterocycles. The number of aliphatic carboxylic acids is 1. The van der Waals surface area contributed by atoms with Crippen molar-refractivity contribution in [2.45, 2.75) is 44.0 Å². The van der Waals surface area contributed by atoms with Crippen LogP contribution in [0.3, 0.4) is 0 Å². The van der Waals surface area contributed by atoms with Crippen LogP contribution in [0.5, 0.6) is 0 Å². The second-order valence-corrected chi connectivity index (χ2v) is 6.68. The molecule has 0 fully saturated rings. The molecule has 0 atom stereocenters. The van der Waals surface area contributed by atoms with Gasteiger partial charge in [-0.15, -0.1) is 0 Å². The van der Waals surface area contributed by atoms with Gasteiger partial charge in [-0.05, 0) is 37.5 Å². The number of nitrogens with zero attached hydrogens (tertiary/aromatic N) is 1. The summed E-state index contributed by atoms with van der Waals surface area (Å²) >= 11 is 0. The summed E-state index contributed by atoms with van der Waals surface area (Å²) in [7, 11) is -3.70. The minimum atomic E-state index is -3.70. The molecule has 0 saturated carbocycles. The molecule has 6 nitrogen and oxygen atoms in total. The molecule has 1 heterocycles. The second-order valence-electron chi connectivity index (χ2n) is 5.00. The standard InChI is InChI=1S/C14H20N2O4S/c1-4-14(3,5-2)16-21(19,20)12-8-11(9-15-10-12)6-7-13(17)18/h6-10,16H,4-5H2,1-3H3,(H,17,18)/b7-6+. The van der Waals surface area contributed by atoms with Gasteiger partial charge in [-0.3, -0.25) is 4.98 Å². The Morgan fingerprint density at radius 2 is 2.00 bits per heavy atom. The maximum Gasteiger partial charge on any atom is 0.328 e. The van der Waals surface area contributed by atoms with E-state index in [1.54, 1.807) is 0 Å². The van der Waals surface area contributed by atoms with Crippen LogP contribution >= 0.6 is 0 Å². The SMILES string of the molecule is CCC(C)(CC)NS(=O)(=O)c1cncc(/C=C/C(=O)O)c1. The fourth-order valence-corrected chi connectivity index (χ4v) is 3.17. The zero-order valence-electron chi connectivity index (χ0n) is 12.3. The summed E-state index contributed by atoms with van der Waals surface area (Å²) in [6, 6.07) is 1.39. The number of hydrogen-bond donors (Lipinski definition) is 2. The van der Waals surface area contributed by atoms with Gasteiger partial charge in [-0.25, -0.2) is 17.9 Å². The number of sulfonamides is 1. The number of rotatable bonds is 7. The van der Waals surface area contributed by atoms with Crippen molar-refractivity contribution in [3.05, 3.63) is 30.1 Å². The fraction of sp³-hybridized carbons (Fsp3) is 0.429. The molecule has 0 bridgehead atoms. The van der Waals surface area contributed by atoms with Crippen molar-refractivity contribution in [1.29, 1.82) is 0 Å². The smallest absolute Gasteiger partial charge is 0.328 e. The van der Waals surface area contributed by atoms with E-state index >= 15 is 0 Å². The Morgan fingerprint density at radius 3 is 2.52 bits per heavy atom. The van der Waals surface area contributed by atoms with E-state index in [1.807, 2.05) is 20.8 Å². The van der Waals surface area contributed by atoms with E-state index < -0.39 is 21.5 Å². The van der Waals surface area contributed by atoms with Crippen molar-refractivity contribution in [3.63, 3.8) is 0 Å². The van der Waals surface area contributed by atoms with Gasteiger partial charge >= 0.3 is 5.97 Å². The third-order valence-corrected chi connectivity index (χ3v) is 5.01. The molecule has 1 aromatic rings. The van der Waals surface area contributed by atoms with Crippen LogP contribution in [0.15, 0.2) is 29.4 Å². The Balaban J connectivity index is 3.09. The fourth-order valence-electron chi connectivity index (χ4n) is 1.62. The maximum absolute atomic E-state index is 12.4. The molecular formula is C14H20N2O4S. The summed E-state index contributed by atoms with van der Waals surface area (Å²) in [6.45, 7) is 5.67. The van der Waals surface area contributed by atoms with Crippen LogP contribution in [0, 0.1) is 0 Å². The van der Waals surface area contributed by atoms with Crippen molar-refractivity contribution in [3.8, 4) is 0 Å². The molecule has 0 aromatic carbocycles. The zero-order valence-corrected chi connectivity index (χ0v) is 13.1. The van der Waals surface area contributed by atoms with Crippen LogP contribution < -0.4 is 4.72 Å². The number of aromatic nitrogens is 1. The van der Waals surface area contributed by atoms with Crippen molar-refractivity contribution >= 4 is 22.1 Å². The maximum atomic E-state index is 12.4. The van der Waals surface area contributed by atoms with Gasteiger partial charge in [0.05, 0.1) is 0 Å². The van der Waals surface area contributed by atoms with Gasteiger partial charge in [0, 0.05) is 24.0 Å². The Kier molecular flexibility index (Phi) is 5.62. The van der Waals surface area contributed by atoms with Crippen LogP contribution in [0.1, 0.15) is 39.2 Å². The molecule has 7 heteroatoms. The summed E-state index contributed by atoms with van der Waals surface area (Å²) < 4.78 is 27.4. The van der Waals surface area contributed by atoms with Gasteiger partial charge in [-0.1, -0.05) is 13.8 Å². The summed E-state index contributed by atoms with van der Waals surface area (Å²) in [6.07, 6.45) is 6.20. The summed E-state index contributed by atoms with van der Waals surface area (Å²) in [5, 5.41) is 8.58. The average molecular weight is 312 g/mol. The van der Waals surface area contributed by atoms with Crippen LogP contribution in [-0.4, -0.2) is 30.0 Å². The van der Waals surface area contributed by atoms with E-state index in [2.05, 4.69) is 9.71 Å². The van der Waals surface area contributed by atoms with Crippen molar-refractivity contribution in [1.82, 2.24) is 9.71 Å². The summed E-state index contributed by atoms with van der Waals surface area (Å²) in [4.78, 5) is 14.3. The lowest BCUT2D eigenvalue weighted by atomic mass is 9.98. The highest BCUT2D eigenvalue weighted by Crippen LogP contribution is 2.19. The lowest BCUT2D eigenvalue weighted by molar-refractivity contribution is -0.131. The minimum absolute atomic E-state index is 0.0168. The molecule has 0 spiro atoms. The quantitative estimate of drug-likeness (QED) is 0.751. The molecule has 0 aliphatic carbocycles. The van der Waals surface area contributed by atoms with Gasteiger partial charge in [0.2, 0.25) is 10.0 Å². The number of carbonyl (C=O) groups is 1. The number of carboxylic acids is 1. The first kappa shape index (κ1) is 17.3. The van der Waals surface area contributed by atoms with E-state index in [4.69, 9.17) is 5.11 Å². The first-order valence-corrected chi connectivity index (χ1v) is 8.11. The predicted octanol–water partition coefficient (Wildman–Crippen LogP) is 2.04. The summed E-state index contributed by atoms with van der Waals surface area (Å²) in [5.74, 6) is -1.11. The monoisotopic (exact) mass is 312 g/mol. The predicted molar refractivity (Wildman–Crippen MR) is 80.2 cm³/mol. The number of nitrogens with one attached hydrogen (secondary N) is 1. The third-order valence-electron chi connectivity index (χ3n) is 3.40. The molecule has 2 N–H and O–H groups in total. The third kappa shape index (κ3) is 4.95. The van der Waals surface area contributed by atoms with Crippen LogP contribution in [0.25, 0.3) is 6.08 Å². The molecular weight excluding hydrogens is 292 g/mol. The van der Waals surface area contributed by atoms with E-state index in [-0.39, 0.29) is 4.90 Å². The van der Waals surface area contributed by atoms with Crippen molar-refractivity contribution in [2.24, 2.45) is 0 Å². The van der Waals surface area contributed by atoms with E-state index in [1.165, 1.54) is 24.5 Å². The number of carboxylic acid groups (broad SMARTS) is 1. The normalized spacial score (nSPS) is 12.7. The highest BCUT2D eigenvalue weighted by molar-refractivity contribution is 7.89. The molecule has 0 aliphatic rings. The highest BCUT2D eigenvalue weighted by atomic mass is 32.2. The Labute approximate surface area is 125 Å². The van der Waals surface area contributed by atoms with Gasteiger partial charge in [0.15, 0.2) is 0 Å². The second kappa shape index (κ2) is 6.82. The van der Waals surface area contributed by atoms with Gasteiger partial charge < -0.3 is 5.11 Å². The van der Waals surface area contributed by atoms with Crippen LogP contribution in [-0.2, 0) is 14.8 Å². The van der Waals surface area contributed by atoms with E-state index in [9.17, 15) is 13.2 Å². The van der Waals surface area contributed by atoms with Gasteiger partial charge in [-0.2, -0.15) is 0 Å². The molecule has 0 amide bonds. The van der Waals surface area contributed by atoms with Crippen molar-refractivity contribution < 1.29 is 18.3 Å². The average Bonchev–Trinajstić information content (AvgIpc) is 2.45. The number of pyridine rings is 1. The highest BCUT2D eigenvalue weighted by Gasteiger charge is 2.27. The minimum Gasteiger partial charge on any atom is -0.478 e. The number of hydrogen-bond acceptors (Lipinski definition) is 4. The van der Waals surface area contributed by atoms with E-state index in [0.717, 1.165) is 6.08 Å². The molecule has 0 radical (unpaired) electrons. The zero-order chi connectivity index (χ0) is 16.1. The van der Waals surface area contributed by atoms with Crippen LogP contribution in [0.4, 0.5) is 0 Å². The first-order valence-electron chi connectivity index (χ1n) is 6.62. The lowest BCUT2D eigenvalue weighted by Crippen LogP contribution is -2.44. The molecule has 21 heavy (non-hydrogen) atoms. The van der Waals surface area contributed by atoms with Crippen molar-refractivity contribution in [2.75, 3.05) is 0 Å². The van der Waals surface area contributed by atoms with Gasteiger partial charge in [0.1, 0.15) is 4.90 Å². The summed E-state index contributed by atoms with van der Waals surface area (Å²) in [5.41, 5.74) is -0.110. The Morgan fingerprint density at radius 1 is 1.38 bits per heavy atom. The van der Waals surface area contributed by atoms with Crippen LogP contribution in [0.2, 0.25) is 0 Å². The molecule has 1 rings (SSSR count). The Hall–Kier alpha value is -1.73. The molecule has 0 unspecified atom stereocenters. The molecule has 1 aromatic heterocycles. The van der Waals surface area contributed by atoms with Gasteiger partial charge in [0.25, 0.3) is 0 Å². The molecule has 116 valence electrons. The first-order chi connectivity index (χ1) is 9.72. The van der Waals surface area contributed by atoms with E-state index in [0.29, 0.717) is 18.4 Å².